The highest BCUT2D eigenvalue weighted by Crippen LogP contribution is 2.24. The Kier molecular flexibility index (Phi) is 6.95. The number of rotatable bonds is 5. The summed E-state index contributed by atoms with van der Waals surface area (Å²) >= 11 is 12.0. The molecule has 1 aromatic carbocycles. The summed E-state index contributed by atoms with van der Waals surface area (Å²) in [4.78, 5) is 23.0. The minimum atomic E-state index is -0.486. The van der Waals surface area contributed by atoms with Gasteiger partial charge in [0.05, 0.1) is 5.02 Å². The van der Waals surface area contributed by atoms with Crippen LogP contribution < -0.4 is 16.0 Å². The van der Waals surface area contributed by atoms with E-state index in [4.69, 9.17) is 23.2 Å². The second-order valence-electron chi connectivity index (χ2n) is 5.07. The third kappa shape index (κ3) is 6.33. The van der Waals surface area contributed by atoms with Gasteiger partial charge in [-0.15, -0.1) is 0 Å². The van der Waals surface area contributed by atoms with E-state index in [0.29, 0.717) is 10.0 Å². The van der Waals surface area contributed by atoms with Crippen molar-refractivity contribution in [1.29, 1.82) is 0 Å². The molecule has 0 fully saturated rings. The van der Waals surface area contributed by atoms with Gasteiger partial charge in [-0.3, -0.25) is 10.1 Å². The molecule has 3 amide bonds. The van der Waals surface area contributed by atoms with Gasteiger partial charge in [0.1, 0.15) is 6.04 Å². The third-order valence-corrected chi connectivity index (χ3v) is 3.35. The summed E-state index contributed by atoms with van der Waals surface area (Å²) in [5, 5.41) is 7.78. The zero-order chi connectivity index (χ0) is 16.0. The Balaban J connectivity index is 2.47. The molecule has 0 bridgehead atoms. The van der Waals surface area contributed by atoms with Gasteiger partial charge in [0.25, 0.3) is 5.91 Å². The van der Waals surface area contributed by atoms with Gasteiger partial charge < -0.3 is 10.6 Å². The molecule has 0 aromatic heterocycles. The molecule has 0 aliphatic rings. The van der Waals surface area contributed by atoms with E-state index in [0.717, 1.165) is 5.56 Å². The van der Waals surface area contributed by atoms with Crippen LogP contribution in [0.5, 0.6) is 0 Å². The van der Waals surface area contributed by atoms with Crippen molar-refractivity contribution in [2.45, 2.75) is 32.9 Å². The van der Waals surface area contributed by atoms with Crippen LogP contribution in [-0.2, 0) is 4.79 Å². The highest BCUT2D eigenvalue weighted by Gasteiger charge is 2.16. The molecule has 0 aliphatic carbocycles. The molecule has 0 heterocycles. The van der Waals surface area contributed by atoms with Crippen LogP contribution in [0.1, 0.15) is 32.4 Å². The van der Waals surface area contributed by atoms with E-state index in [1.54, 1.807) is 17.4 Å². The Bertz CT molecular complexity index is 521. The van der Waals surface area contributed by atoms with Gasteiger partial charge in [0.15, 0.2) is 6.54 Å². The number of benzene rings is 1. The maximum atomic E-state index is 11.7. The summed E-state index contributed by atoms with van der Waals surface area (Å²) in [5.74, 6) is -0.356. The first-order valence-electron chi connectivity index (χ1n) is 6.68. The maximum absolute atomic E-state index is 11.7. The van der Waals surface area contributed by atoms with Crippen LogP contribution in [0, 0.1) is 0 Å². The zero-order valence-electron chi connectivity index (χ0n) is 12.2. The van der Waals surface area contributed by atoms with E-state index in [-0.39, 0.29) is 24.5 Å². The maximum Gasteiger partial charge on any atom is 0.321 e. The van der Waals surface area contributed by atoms with Gasteiger partial charge in [-0.25, -0.2) is 4.79 Å². The Morgan fingerprint density at radius 3 is 2.48 bits per heavy atom. The molecule has 0 spiro atoms. The van der Waals surface area contributed by atoms with Crippen molar-refractivity contribution >= 4 is 35.1 Å². The van der Waals surface area contributed by atoms with Crippen molar-refractivity contribution < 1.29 is 14.9 Å². The van der Waals surface area contributed by atoms with Gasteiger partial charge in [-0.1, -0.05) is 29.3 Å². The number of imide groups is 1. The predicted molar refractivity (Wildman–Crippen MR) is 83.5 cm³/mol. The third-order valence-electron chi connectivity index (χ3n) is 2.78. The monoisotopic (exact) mass is 332 g/mol. The second-order valence-corrected chi connectivity index (χ2v) is 5.91. The average Bonchev–Trinajstić information content (AvgIpc) is 2.34. The number of halogens is 2. The topological polar surface area (TPSA) is 74.8 Å². The van der Waals surface area contributed by atoms with Gasteiger partial charge in [-0.2, -0.15) is 0 Å². The number of amides is 3. The zero-order valence-corrected chi connectivity index (χ0v) is 13.8. The summed E-state index contributed by atoms with van der Waals surface area (Å²) in [5.41, 5.74) is 0.889. The van der Waals surface area contributed by atoms with E-state index in [9.17, 15) is 9.59 Å². The van der Waals surface area contributed by atoms with Crippen molar-refractivity contribution in [3.8, 4) is 0 Å². The summed E-state index contributed by atoms with van der Waals surface area (Å²) in [6.07, 6.45) is 0. The first-order chi connectivity index (χ1) is 9.79. The van der Waals surface area contributed by atoms with Gasteiger partial charge >= 0.3 is 6.03 Å². The van der Waals surface area contributed by atoms with E-state index in [1.807, 2.05) is 26.8 Å². The molecule has 1 rings (SSSR count). The number of nitrogens with one attached hydrogen (secondary N) is 2. The Morgan fingerprint density at radius 2 is 1.90 bits per heavy atom. The fourth-order valence-electron chi connectivity index (χ4n) is 1.76. The quantitative estimate of drug-likeness (QED) is 0.769. The lowest BCUT2D eigenvalue weighted by atomic mass is 10.1. The first kappa shape index (κ1) is 17.8. The van der Waals surface area contributed by atoms with Crippen molar-refractivity contribution in [2.24, 2.45) is 0 Å². The summed E-state index contributed by atoms with van der Waals surface area (Å²) in [6, 6.07) is 4.72. The summed E-state index contributed by atoms with van der Waals surface area (Å²) in [6.45, 7) is 5.70. The molecule has 7 heteroatoms. The molecular formula is C14H20Cl2N3O2+. The molecule has 4 N–H and O–H groups in total. The number of carbonyl (C=O) groups is 2. The van der Waals surface area contributed by atoms with Crippen LogP contribution in [-0.4, -0.2) is 24.5 Å². The SMILES string of the molecule is CC(C)NC(=O)NC(=O)C[NH2+][C@H](C)c1ccc(Cl)cc1Cl. The van der Waals surface area contributed by atoms with Crippen molar-refractivity contribution in [3.05, 3.63) is 33.8 Å². The highest BCUT2D eigenvalue weighted by atomic mass is 35.5. The van der Waals surface area contributed by atoms with Crippen molar-refractivity contribution in [1.82, 2.24) is 10.6 Å². The van der Waals surface area contributed by atoms with Crippen LogP contribution in [0.4, 0.5) is 4.79 Å². The van der Waals surface area contributed by atoms with Crippen LogP contribution in [0.2, 0.25) is 10.0 Å². The number of urea groups is 1. The number of nitrogens with two attached hydrogens (primary N) is 1. The van der Waals surface area contributed by atoms with E-state index < -0.39 is 6.03 Å². The highest BCUT2D eigenvalue weighted by molar-refractivity contribution is 6.35. The molecule has 21 heavy (non-hydrogen) atoms. The van der Waals surface area contributed by atoms with Crippen LogP contribution in [0.15, 0.2) is 18.2 Å². The van der Waals surface area contributed by atoms with Crippen LogP contribution >= 0.6 is 23.2 Å². The molecule has 0 aliphatic heterocycles. The van der Waals surface area contributed by atoms with Crippen LogP contribution in [0.25, 0.3) is 0 Å². The van der Waals surface area contributed by atoms with Crippen LogP contribution in [0.3, 0.4) is 0 Å². The first-order valence-corrected chi connectivity index (χ1v) is 7.43. The lowest BCUT2D eigenvalue weighted by Crippen LogP contribution is -2.87. The number of carbonyl (C=O) groups excluding carboxylic acids is 2. The fourth-order valence-corrected chi connectivity index (χ4v) is 2.34. The van der Waals surface area contributed by atoms with Gasteiger partial charge in [0.2, 0.25) is 0 Å². The number of quaternary nitrogens is 1. The van der Waals surface area contributed by atoms with E-state index in [2.05, 4.69) is 10.6 Å². The number of hydrogen-bond acceptors (Lipinski definition) is 2. The molecule has 0 unspecified atom stereocenters. The van der Waals surface area contributed by atoms with Gasteiger partial charge in [0, 0.05) is 16.6 Å². The lowest BCUT2D eigenvalue weighted by molar-refractivity contribution is -0.682. The molecular weight excluding hydrogens is 313 g/mol. The van der Waals surface area contributed by atoms with Gasteiger partial charge in [-0.05, 0) is 32.9 Å². The van der Waals surface area contributed by atoms with Crippen molar-refractivity contribution in [3.63, 3.8) is 0 Å². The Labute approximate surface area is 134 Å². The largest absolute Gasteiger partial charge is 0.336 e. The lowest BCUT2D eigenvalue weighted by Gasteiger charge is -2.13. The minimum absolute atomic E-state index is 0.0197. The molecule has 0 radical (unpaired) electrons. The summed E-state index contributed by atoms with van der Waals surface area (Å²) in [7, 11) is 0. The molecule has 0 saturated heterocycles. The normalized spacial score (nSPS) is 12.1. The Hall–Kier alpha value is -1.30. The molecule has 116 valence electrons. The number of hydrogen-bond donors (Lipinski definition) is 3. The molecule has 1 atom stereocenters. The Morgan fingerprint density at radius 1 is 1.24 bits per heavy atom. The second kappa shape index (κ2) is 8.22. The molecule has 5 nitrogen and oxygen atoms in total. The molecule has 0 saturated carbocycles. The fraction of sp³-hybridized carbons (Fsp3) is 0.429. The predicted octanol–water partition coefficient (Wildman–Crippen LogP) is 1.85. The molecule has 1 aromatic rings. The van der Waals surface area contributed by atoms with Crippen molar-refractivity contribution in [2.75, 3.05) is 6.54 Å². The van der Waals surface area contributed by atoms with E-state index in [1.165, 1.54) is 0 Å². The smallest absolute Gasteiger partial charge is 0.321 e. The standard InChI is InChI=1S/C14H19Cl2N3O2/c1-8(2)18-14(21)19-13(20)7-17-9(3)11-5-4-10(15)6-12(11)16/h4-6,8-9,17H,7H2,1-3H3,(H2,18,19,20,21)/p+1/t9-/m1/s1. The summed E-state index contributed by atoms with van der Waals surface area (Å²) < 4.78 is 0. The van der Waals surface area contributed by atoms with E-state index >= 15 is 0 Å². The average molecular weight is 333 g/mol. The minimum Gasteiger partial charge on any atom is -0.336 e.